The van der Waals surface area contributed by atoms with Gasteiger partial charge in [-0.25, -0.2) is 4.98 Å². The van der Waals surface area contributed by atoms with Crippen LogP contribution in [-0.2, 0) is 4.79 Å². The summed E-state index contributed by atoms with van der Waals surface area (Å²) in [7, 11) is 0. The number of anilines is 2. The minimum absolute atomic E-state index is 0.0116. The molecule has 1 aromatic heterocycles. The van der Waals surface area contributed by atoms with Crippen molar-refractivity contribution in [1.82, 2.24) is 4.98 Å². The quantitative estimate of drug-likeness (QED) is 0.931. The van der Waals surface area contributed by atoms with E-state index in [0.29, 0.717) is 24.5 Å². The molecule has 3 rings (SSSR count). The molecule has 2 aromatic rings. The van der Waals surface area contributed by atoms with Crippen LogP contribution >= 0.6 is 0 Å². The fourth-order valence-corrected chi connectivity index (χ4v) is 2.99. The zero-order chi connectivity index (χ0) is 17.3. The Morgan fingerprint density at radius 2 is 1.83 bits per heavy atom. The Labute approximate surface area is 140 Å². The highest BCUT2D eigenvalue weighted by Crippen LogP contribution is 2.23. The lowest BCUT2D eigenvalue weighted by Crippen LogP contribution is -2.51. The van der Waals surface area contributed by atoms with Crippen LogP contribution in [0.15, 0.2) is 36.5 Å². The zero-order valence-electron chi connectivity index (χ0n) is 13.8. The zero-order valence-corrected chi connectivity index (χ0v) is 13.8. The van der Waals surface area contributed by atoms with Crippen molar-refractivity contribution in [2.75, 3.05) is 29.4 Å². The summed E-state index contributed by atoms with van der Waals surface area (Å²) < 4.78 is 0. The van der Waals surface area contributed by atoms with Crippen molar-refractivity contribution in [1.29, 1.82) is 0 Å². The summed E-state index contributed by atoms with van der Waals surface area (Å²) in [5, 5.41) is 0. The predicted octanol–water partition coefficient (Wildman–Crippen LogP) is 1.65. The van der Waals surface area contributed by atoms with Crippen LogP contribution in [-0.4, -0.2) is 36.4 Å². The highest BCUT2D eigenvalue weighted by atomic mass is 16.2. The minimum atomic E-state index is -0.501. The summed E-state index contributed by atoms with van der Waals surface area (Å²) in [5.41, 5.74) is 8.90. The number of carbonyl (C=O) groups is 2. The molecule has 1 aromatic carbocycles. The Hall–Kier alpha value is -2.89. The Kier molecular flexibility index (Phi) is 4.20. The van der Waals surface area contributed by atoms with Gasteiger partial charge < -0.3 is 15.5 Å². The number of amides is 2. The number of pyridine rings is 1. The van der Waals surface area contributed by atoms with Crippen LogP contribution < -0.4 is 15.5 Å². The van der Waals surface area contributed by atoms with Gasteiger partial charge in [0.2, 0.25) is 11.8 Å². The molecule has 0 unspecified atom stereocenters. The molecule has 1 saturated heterocycles. The third-order valence-electron chi connectivity index (χ3n) is 4.09. The van der Waals surface area contributed by atoms with Crippen molar-refractivity contribution >= 4 is 23.3 Å². The topological polar surface area (TPSA) is 79.5 Å². The monoisotopic (exact) mass is 324 g/mol. The number of aromatic nitrogens is 1. The molecule has 124 valence electrons. The summed E-state index contributed by atoms with van der Waals surface area (Å²) in [5.74, 6) is 0.107. The van der Waals surface area contributed by atoms with E-state index in [4.69, 9.17) is 5.73 Å². The van der Waals surface area contributed by atoms with Gasteiger partial charge in [0, 0.05) is 30.5 Å². The molecular formula is C18H20N4O2. The van der Waals surface area contributed by atoms with E-state index in [0.717, 1.165) is 16.8 Å². The number of primary amides is 1. The Morgan fingerprint density at radius 3 is 2.46 bits per heavy atom. The molecule has 0 atom stereocenters. The molecule has 0 aliphatic carbocycles. The van der Waals surface area contributed by atoms with E-state index in [1.807, 2.05) is 30.9 Å². The number of piperazine rings is 1. The van der Waals surface area contributed by atoms with Crippen LogP contribution in [0.25, 0.3) is 0 Å². The molecule has 2 heterocycles. The molecule has 6 nitrogen and oxygen atoms in total. The first-order valence-electron chi connectivity index (χ1n) is 7.83. The molecule has 2 amide bonds. The van der Waals surface area contributed by atoms with E-state index in [1.165, 1.54) is 6.20 Å². The normalized spacial score (nSPS) is 14.8. The Morgan fingerprint density at radius 1 is 1.12 bits per heavy atom. The number of rotatable bonds is 3. The van der Waals surface area contributed by atoms with Gasteiger partial charge >= 0.3 is 0 Å². The number of hydrogen-bond donors (Lipinski definition) is 1. The SMILES string of the molecule is Cc1cc(C)cc(N2CCN(c3cc(C(N)=O)ccn3)CC2=O)c1. The van der Waals surface area contributed by atoms with Gasteiger partial charge in [-0.2, -0.15) is 0 Å². The third-order valence-corrected chi connectivity index (χ3v) is 4.09. The van der Waals surface area contributed by atoms with Gasteiger partial charge in [-0.15, -0.1) is 0 Å². The second-order valence-electron chi connectivity index (χ2n) is 6.08. The van der Waals surface area contributed by atoms with Crippen LogP contribution in [0.2, 0.25) is 0 Å². The predicted molar refractivity (Wildman–Crippen MR) is 93.2 cm³/mol. The number of aryl methyl sites for hydroxylation is 2. The van der Waals surface area contributed by atoms with Crippen molar-refractivity contribution in [2.45, 2.75) is 13.8 Å². The van der Waals surface area contributed by atoms with Crippen LogP contribution in [0.3, 0.4) is 0 Å². The van der Waals surface area contributed by atoms with Crippen molar-refractivity contribution in [3.8, 4) is 0 Å². The molecule has 1 fully saturated rings. The maximum atomic E-state index is 12.6. The molecule has 0 radical (unpaired) electrons. The fraction of sp³-hybridized carbons (Fsp3) is 0.278. The largest absolute Gasteiger partial charge is 0.366 e. The van der Waals surface area contributed by atoms with Crippen molar-refractivity contribution < 1.29 is 9.59 Å². The summed E-state index contributed by atoms with van der Waals surface area (Å²) in [6, 6.07) is 9.32. The number of carbonyl (C=O) groups excluding carboxylic acids is 2. The van der Waals surface area contributed by atoms with E-state index >= 15 is 0 Å². The molecule has 2 N–H and O–H groups in total. The van der Waals surface area contributed by atoms with E-state index in [-0.39, 0.29) is 12.5 Å². The number of nitrogens with zero attached hydrogens (tertiary/aromatic N) is 3. The second-order valence-corrected chi connectivity index (χ2v) is 6.08. The molecule has 0 bridgehead atoms. The van der Waals surface area contributed by atoms with Crippen molar-refractivity contribution in [3.05, 3.63) is 53.2 Å². The van der Waals surface area contributed by atoms with E-state index in [1.54, 1.807) is 17.0 Å². The first kappa shape index (κ1) is 16.0. The smallest absolute Gasteiger partial charge is 0.248 e. The minimum Gasteiger partial charge on any atom is -0.366 e. The fourth-order valence-electron chi connectivity index (χ4n) is 2.99. The maximum Gasteiger partial charge on any atom is 0.248 e. The summed E-state index contributed by atoms with van der Waals surface area (Å²) >= 11 is 0. The second kappa shape index (κ2) is 6.31. The van der Waals surface area contributed by atoms with Crippen LogP contribution in [0.5, 0.6) is 0 Å². The molecule has 0 saturated carbocycles. The number of benzene rings is 1. The average Bonchev–Trinajstić information content (AvgIpc) is 2.54. The number of hydrogen-bond acceptors (Lipinski definition) is 4. The number of nitrogens with two attached hydrogens (primary N) is 1. The van der Waals surface area contributed by atoms with Crippen LogP contribution in [0.1, 0.15) is 21.5 Å². The molecular weight excluding hydrogens is 304 g/mol. The standard InChI is InChI=1S/C18H20N4O2/c1-12-7-13(2)9-15(8-12)22-6-5-21(11-17(22)23)16-10-14(18(19)24)3-4-20-16/h3-4,7-10H,5-6,11H2,1-2H3,(H2,19,24). The van der Waals surface area contributed by atoms with Crippen molar-refractivity contribution in [3.63, 3.8) is 0 Å². The van der Waals surface area contributed by atoms with E-state index in [2.05, 4.69) is 11.1 Å². The van der Waals surface area contributed by atoms with Gasteiger partial charge in [-0.05, 0) is 49.2 Å². The highest BCUT2D eigenvalue weighted by molar-refractivity contribution is 5.98. The highest BCUT2D eigenvalue weighted by Gasteiger charge is 2.26. The van der Waals surface area contributed by atoms with Crippen molar-refractivity contribution in [2.24, 2.45) is 5.73 Å². The summed E-state index contributed by atoms with van der Waals surface area (Å²) in [6.07, 6.45) is 1.54. The first-order chi connectivity index (χ1) is 11.4. The molecule has 1 aliphatic heterocycles. The van der Waals surface area contributed by atoms with E-state index in [9.17, 15) is 9.59 Å². The Balaban J connectivity index is 1.79. The molecule has 1 aliphatic rings. The van der Waals surface area contributed by atoms with Gasteiger partial charge in [0.25, 0.3) is 0 Å². The lowest BCUT2D eigenvalue weighted by molar-refractivity contribution is -0.117. The van der Waals surface area contributed by atoms with Gasteiger partial charge in [-0.3, -0.25) is 9.59 Å². The summed E-state index contributed by atoms with van der Waals surface area (Å²) in [4.78, 5) is 31.8. The average molecular weight is 324 g/mol. The third kappa shape index (κ3) is 3.22. The molecule has 0 spiro atoms. The van der Waals surface area contributed by atoms with Gasteiger partial charge in [-0.1, -0.05) is 6.07 Å². The van der Waals surface area contributed by atoms with Crippen LogP contribution in [0, 0.1) is 13.8 Å². The molecule has 6 heteroatoms. The van der Waals surface area contributed by atoms with E-state index < -0.39 is 5.91 Å². The van der Waals surface area contributed by atoms with Gasteiger partial charge in [0.05, 0.1) is 6.54 Å². The Bertz CT molecular complexity index is 783. The summed E-state index contributed by atoms with van der Waals surface area (Å²) in [6.45, 7) is 5.49. The van der Waals surface area contributed by atoms with Crippen LogP contribution in [0.4, 0.5) is 11.5 Å². The molecule has 24 heavy (non-hydrogen) atoms. The first-order valence-corrected chi connectivity index (χ1v) is 7.83. The lowest BCUT2D eigenvalue weighted by atomic mass is 10.1. The maximum absolute atomic E-state index is 12.6. The van der Waals surface area contributed by atoms with Gasteiger partial charge in [0.15, 0.2) is 0 Å². The lowest BCUT2D eigenvalue weighted by Gasteiger charge is -2.35. The van der Waals surface area contributed by atoms with Gasteiger partial charge in [0.1, 0.15) is 5.82 Å².